The molecule has 0 amide bonds. The van der Waals surface area contributed by atoms with E-state index in [0.29, 0.717) is 0 Å². The van der Waals surface area contributed by atoms with E-state index in [0.717, 1.165) is 19.1 Å². The van der Waals surface area contributed by atoms with Crippen LogP contribution in [0.4, 0.5) is 0 Å². The van der Waals surface area contributed by atoms with Gasteiger partial charge in [0.05, 0.1) is 0 Å². The SMILES string of the molecule is c1cc(CN2CCCSCC2)ccc1CNC1CC1. The van der Waals surface area contributed by atoms with Crippen molar-refractivity contribution in [2.24, 2.45) is 0 Å². The summed E-state index contributed by atoms with van der Waals surface area (Å²) in [7, 11) is 0. The molecule has 2 aliphatic rings. The molecular weight excluding hydrogens is 252 g/mol. The first-order valence-corrected chi connectivity index (χ1v) is 8.67. The van der Waals surface area contributed by atoms with Gasteiger partial charge in [0.15, 0.2) is 0 Å². The Morgan fingerprint density at radius 2 is 1.84 bits per heavy atom. The topological polar surface area (TPSA) is 15.3 Å². The summed E-state index contributed by atoms with van der Waals surface area (Å²) in [4.78, 5) is 2.59. The second-order valence-electron chi connectivity index (χ2n) is 5.71. The first-order chi connectivity index (χ1) is 9.40. The molecule has 3 heteroatoms. The van der Waals surface area contributed by atoms with Crippen LogP contribution in [0.2, 0.25) is 0 Å². The number of thioether (sulfide) groups is 1. The lowest BCUT2D eigenvalue weighted by atomic mass is 10.1. The van der Waals surface area contributed by atoms with Crippen molar-refractivity contribution >= 4 is 11.8 Å². The molecule has 0 bridgehead atoms. The molecule has 0 aromatic heterocycles. The summed E-state index contributed by atoms with van der Waals surface area (Å²) in [5.41, 5.74) is 2.88. The summed E-state index contributed by atoms with van der Waals surface area (Å²) in [6.07, 6.45) is 4.07. The minimum atomic E-state index is 0.800. The molecule has 1 saturated heterocycles. The molecule has 1 N–H and O–H groups in total. The summed E-state index contributed by atoms with van der Waals surface area (Å²) in [5.74, 6) is 2.63. The molecule has 1 saturated carbocycles. The van der Waals surface area contributed by atoms with Gasteiger partial charge in [0, 0.05) is 31.4 Å². The van der Waals surface area contributed by atoms with Crippen molar-refractivity contribution < 1.29 is 0 Å². The van der Waals surface area contributed by atoms with Gasteiger partial charge in [-0.05, 0) is 42.7 Å². The Labute approximate surface area is 121 Å². The Kier molecular flexibility index (Phi) is 4.81. The molecule has 1 aliphatic carbocycles. The molecule has 0 unspecified atom stereocenters. The van der Waals surface area contributed by atoms with E-state index in [2.05, 4.69) is 46.2 Å². The first kappa shape index (κ1) is 13.5. The molecule has 1 heterocycles. The highest BCUT2D eigenvalue weighted by Gasteiger charge is 2.19. The number of nitrogens with zero attached hydrogens (tertiary/aromatic N) is 1. The van der Waals surface area contributed by atoms with E-state index in [1.54, 1.807) is 0 Å². The van der Waals surface area contributed by atoms with E-state index in [1.165, 1.54) is 55.0 Å². The van der Waals surface area contributed by atoms with Gasteiger partial charge in [-0.15, -0.1) is 0 Å². The van der Waals surface area contributed by atoms with Crippen molar-refractivity contribution in [3.8, 4) is 0 Å². The fourth-order valence-corrected chi connectivity index (χ4v) is 3.45. The Hall–Kier alpha value is -0.510. The van der Waals surface area contributed by atoms with Crippen LogP contribution in [-0.2, 0) is 13.1 Å². The third kappa shape index (κ3) is 4.51. The summed E-state index contributed by atoms with van der Waals surface area (Å²) < 4.78 is 0. The van der Waals surface area contributed by atoms with E-state index in [4.69, 9.17) is 0 Å². The third-order valence-electron chi connectivity index (χ3n) is 3.92. The highest BCUT2D eigenvalue weighted by atomic mass is 32.2. The lowest BCUT2D eigenvalue weighted by Gasteiger charge is -2.19. The minimum Gasteiger partial charge on any atom is -0.310 e. The smallest absolute Gasteiger partial charge is 0.0234 e. The van der Waals surface area contributed by atoms with Crippen molar-refractivity contribution in [2.45, 2.75) is 38.4 Å². The average Bonchev–Trinajstić information content (AvgIpc) is 3.26. The Morgan fingerprint density at radius 1 is 1.05 bits per heavy atom. The summed E-state index contributed by atoms with van der Waals surface area (Å²) in [6, 6.07) is 9.99. The van der Waals surface area contributed by atoms with Crippen LogP contribution in [0, 0.1) is 0 Å². The second kappa shape index (κ2) is 6.78. The van der Waals surface area contributed by atoms with Crippen LogP contribution in [0.3, 0.4) is 0 Å². The van der Waals surface area contributed by atoms with Crippen molar-refractivity contribution in [3.05, 3.63) is 35.4 Å². The monoisotopic (exact) mass is 276 g/mol. The zero-order chi connectivity index (χ0) is 12.9. The van der Waals surface area contributed by atoms with E-state index in [9.17, 15) is 0 Å². The van der Waals surface area contributed by atoms with Crippen LogP contribution < -0.4 is 5.32 Å². The molecule has 19 heavy (non-hydrogen) atoms. The van der Waals surface area contributed by atoms with Gasteiger partial charge in [-0.3, -0.25) is 4.90 Å². The van der Waals surface area contributed by atoms with Crippen LogP contribution in [0.25, 0.3) is 0 Å². The van der Waals surface area contributed by atoms with E-state index in [-0.39, 0.29) is 0 Å². The Bertz CT molecular complexity index is 378. The number of nitrogens with one attached hydrogen (secondary N) is 1. The lowest BCUT2D eigenvalue weighted by Crippen LogP contribution is -2.25. The van der Waals surface area contributed by atoms with Gasteiger partial charge >= 0.3 is 0 Å². The van der Waals surface area contributed by atoms with Gasteiger partial charge in [-0.25, -0.2) is 0 Å². The maximum Gasteiger partial charge on any atom is 0.0234 e. The standard InChI is InChI=1S/C16H24N2S/c1-8-18(9-11-19-10-1)13-15-4-2-14(3-5-15)12-17-16-6-7-16/h2-5,16-17H,1,6-13H2. The predicted octanol–water partition coefficient (Wildman–Crippen LogP) is 2.88. The molecule has 0 atom stereocenters. The van der Waals surface area contributed by atoms with Crippen LogP contribution in [0.5, 0.6) is 0 Å². The minimum absolute atomic E-state index is 0.800. The van der Waals surface area contributed by atoms with Crippen molar-refractivity contribution in [2.75, 3.05) is 24.6 Å². The van der Waals surface area contributed by atoms with Gasteiger partial charge in [-0.2, -0.15) is 11.8 Å². The number of rotatable bonds is 5. The average molecular weight is 276 g/mol. The van der Waals surface area contributed by atoms with Crippen molar-refractivity contribution in [1.82, 2.24) is 10.2 Å². The maximum absolute atomic E-state index is 3.57. The van der Waals surface area contributed by atoms with Crippen LogP contribution in [-0.4, -0.2) is 35.5 Å². The maximum atomic E-state index is 3.57. The molecule has 0 spiro atoms. The fraction of sp³-hybridized carbons (Fsp3) is 0.625. The van der Waals surface area contributed by atoms with Gasteiger partial charge in [0.1, 0.15) is 0 Å². The van der Waals surface area contributed by atoms with Gasteiger partial charge in [0.2, 0.25) is 0 Å². The lowest BCUT2D eigenvalue weighted by molar-refractivity contribution is 0.287. The highest BCUT2D eigenvalue weighted by molar-refractivity contribution is 7.99. The van der Waals surface area contributed by atoms with Crippen LogP contribution in [0.1, 0.15) is 30.4 Å². The largest absolute Gasteiger partial charge is 0.310 e. The van der Waals surface area contributed by atoms with Gasteiger partial charge in [0.25, 0.3) is 0 Å². The fourth-order valence-electron chi connectivity index (χ4n) is 2.53. The quantitative estimate of drug-likeness (QED) is 0.890. The summed E-state index contributed by atoms with van der Waals surface area (Å²) in [6.45, 7) is 4.66. The normalized spacial score (nSPS) is 21.3. The van der Waals surface area contributed by atoms with Crippen LogP contribution in [0.15, 0.2) is 24.3 Å². The van der Waals surface area contributed by atoms with Gasteiger partial charge < -0.3 is 5.32 Å². The van der Waals surface area contributed by atoms with E-state index < -0.39 is 0 Å². The highest BCUT2D eigenvalue weighted by Crippen LogP contribution is 2.19. The zero-order valence-electron chi connectivity index (χ0n) is 11.6. The predicted molar refractivity (Wildman–Crippen MR) is 83.5 cm³/mol. The summed E-state index contributed by atoms with van der Waals surface area (Å²) >= 11 is 2.10. The van der Waals surface area contributed by atoms with Crippen molar-refractivity contribution in [3.63, 3.8) is 0 Å². The molecule has 2 nitrogen and oxygen atoms in total. The van der Waals surface area contributed by atoms with Crippen LogP contribution >= 0.6 is 11.8 Å². The van der Waals surface area contributed by atoms with Crippen molar-refractivity contribution in [1.29, 1.82) is 0 Å². The molecule has 3 rings (SSSR count). The molecule has 104 valence electrons. The molecule has 2 fully saturated rings. The molecule has 1 aromatic rings. The molecule has 1 aliphatic heterocycles. The Balaban J connectivity index is 1.49. The number of hydrogen-bond acceptors (Lipinski definition) is 3. The Morgan fingerprint density at radius 3 is 2.63 bits per heavy atom. The first-order valence-electron chi connectivity index (χ1n) is 7.51. The molecular formula is C16H24N2S. The third-order valence-corrected chi connectivity index (χ3v) is 4.96. The summed E-state index contributed by atoms with van der Waals surface area (Å²) in [5, 5.41) is 3.57. The number of hydrogen-bond donors (Lipinski definition) is 1. The van der Waals surface area contributed by atoms with Gasteiger partial charge in [-0.1, -0.05) is 24.3 Å². The van der Waals surface area contributed by atoms with E-state index >= 15 is 0 Å². The second-order valence-corrected chi connectivity index (χ2v) is 6.94. The number of benzene rings is 1. The zero-order valence-corrected chi connectivity index (χ0v) is 12.4. The molecule has 0 radical (unpaired) electrons. The molecule has 1 aromatic carbocycles. The van der Waals surface area contributed by atoms with E-state index in [1.807, 2.05) is 0 Å².